The second-order valence-corrected chi connectivity index (χ2v) is 14.3. The Labute approximate surface area is 317 Å². The number of rotatable bonds is 26. The number of aliphatic carboxylic acids is 4. The number of urea groups is 2. The van der Waals surface area contributed by atoms with Crippen LogP contribution >= 0.6 is 12.6 Å². The van der Waals surface area contributed by atoms with Crippen LogP contribution in [0.3, 0.4) is 0 Å². The number of Topliss-reactive ketones (excluding diaryl/α,β-unsaturated/α-hetero) is 1. The fraction of sp³-hybridized carbons (Fsp3) is 0.559. The predicted octanol–water partition coefficient (Wildman–Crippen LogP) is 0.650. The summed E-state index contributed by atoms with van der Waals surface area (Å²) in [7, 11) is 0. The minimum absolute atomic E-state index is 0.0753. The van der Waals surface area contributed by atoms with Crippen LogP contribution in [0.1, 0.15) is 76.3 Å². The molecule has 0 radical (unpaired) electrons. The largest absolute Gasteiger partial charge is 0.481 e. The van der Waals surface area contributed by atoms with Gasteiger partial charge >= 0.3 is 35.9 Å². The first-order valence-electron chi connectivity index (χ1n) is 17.1. The zero-order valence-corrected chi connectivity index (χ0v) is 31.0. The summed E-state index contributed by atoms with van der Waals surface area (Å²) in [6, 6.07) is 2.60. The SMILES string of the molecule is CC(C)(S)CNC(=O)[C@H](CC(=O)O)CC(=O)[C@H](CC(=O)O)NC(=O)Cc1ccc(CNC(=O)NCCCC[C@H](NC(=O)NCCCC(=O)O)C(=O)O)cc1. The van der Waals surface area contributed by atoms with Crippen molar-refractivity contribution in [3.05, 3.63) is 35.4 Å². The lowest BCUT2D eigenvalue weighted by atomic mass is 9.93. The minimum Gasteiger partial charge on any atom is -0.481 e. The Morgan fingerprint density at radius 3 is 1.83 bits per heavy atom. The third-order valence-corrected chi connectivity index (χ3v) is 7.70. The van der Waals surface area contributed by atoms with Gasteiger partial charge in [0.05, 0.1) is 31.2 Å². The van der Waals surface area contributed by atoms with Gasteiger partial charge < -0.3 is 52.3 Å². The molecule has 0 bridgehead atoms. The summed E-state index contributed by atoms with van der Waals surface area (Å²) < 4.78 is -0.618. The molecule has 300 valence electrons. The topological polar surface area (TPSA) is 307 Å². The monoisotopic (exact) mass is 782 g/mol. The van der Waals surface area contributed by atoms with Gasteiger partial charge in [0.15, 0.2) is 5.78 Å². The van der Waals surface area contributed by atoms with E-state index in [0.717, 1.165) is 0 Å². The first kappa shape index (κ1) is 46.6. The Kier molecular flexibility index (Phi) is 20.7. The average Bonchev–Trinajstić information content (AvgIpc) is 3.06. The average molecular weight is 783 g/mol. The summed E-state index contributed by atoms with van der Waals surface area (Å²) in [5.41, 5.74) is 1.18. The number of carbonyl (C=O) groups excluding carboxylic acids is 5. The number of unbranched alkanes of at least 4 members (excludes halogenated alkanes) is 1. The van der Waals surface area contributed by atoms with Crippen LogP contribution in [-0.4, -0.2) is 110 Å². The van der Waals surface area contributed by atoms with Crippen molar-refractivity contribution in [1.29, 1.82) is 0 Å². The molecule has 0 aliphatic rings. The number of carbonyl (C=O) groups is 9. The molecule has 6 amide bonds. The molecular formula is C34H50N6O13S. The van der Waals surface area contributed by atoms with E-state index in [1.165, 1.54) is 0 Å². The maximum absolute atomic E-state index is 13.0. The number of benzene rings is 1. The van der Waals surface area contributed by atoms with Crippen molar-refractivity contribution in [2.24, 2.45) is 5.92 Å². The van der Waals surface area contributed by atoms with Crippen molar-refractivity contribution >= 4 is 66.2 Å². The molecule has 1 aromatic carbocycles. The van der Waals surface area contributed by atoms with Gasteiger partial charge in [-0.3, -0.25) is 28.8 Å². The minimum atomic E-state index is -1.51. The molecule has 0 aromatic heterocycles. The zero-order chi connectivity index (χ0) is 40.8. The Balaban J connectivity index is 2.56. The molecule has 1 aromatic rings. The van der Waals surface area contributed by atoms with Gasteiger partial charge in [0.1, 0.15) is 6.04 Å². The molecular weight excluding hydrogens is 732 g/mol. The van der Waals surface area contributed by atoms with E-state index in [0.29, 0.717) is 24.0 Å². The number of carboxylic acids is 4. The van der Waals surface area contributed by atoms with E-state index in [1.54, 1.807) is 38.1 Å². The van der Waals surface area contributed by atoms with Gasteiger partial charge in [-0.05, 0) is 50.7 Å². The van der Waals surface area contributed by atoms with Gasteiger partial charge in [0.25, 0.3) is 0 Å². The Morgan fingerprint density at radius 2 is 1.26 bits per heavy atom. The lowest BCUT2D eigenvalue weighted by Gasteiger charge is -2.22. The van der Waals surface area contributed by atoms with E-state index in [2.05, 4.69) is 44.5 Å². The number of carboxylic acid groups (broad SMARTS) is 4. The van der Waals surface area contributed by atoms with Crippen LogP contribution in [0.25, 0.3) is 0 Å². The smallest absolute Gasteiger partial charge is 0.326 e. The van der Waals surface area contributed by atoms with Crippen LogP contribution in [0.2, 0.25) is 0 Å². The molecule has 0 heterocycles. The van der Waals surface area contributed by atoms with Crippen molar-refractivity contribution in [1.82, 2.24) is 31.9 Å². The summed E-state index contributed by atoms with van der Waals surface area (Å²) in [4.78, 5) is 107. The number of amides is 6. The normalized spacial score (nSPS) is 12.6. The Bertz CT molecular complexity index is 1480. The number of thiol groups is 1. The molecule has 0 spiro atoms. The van der Waals surface area contributed by atoms with Gasteiger partial charge in [-0.15, -0.1) is 0 Å². The van der Waals surface area contributed by atoms with Gasteiger partial charge in [-0.2, -0.15) is 12.6 Å². The maximum Gasteiger partial charge on any atom is 0.326 e. The van der Waals surface area contributed by atoms with Crippen molar-refractivity contribution in [3.63, 3.8) is 0 Å². The van der Waals surface area contributed by atoms with Crippen LogP contribution in [0.5, 0.6) is 0 Å². The van der Waals surface area contributed by atoms with Crippen LogP contribution in [0, 0.1) is 5.92 Å². The highest BCUT2D eigenvalue weighted by atomic mass is 32.1. The highest BCUT2D eigenvalue weighted by molar-refractivity contribution is 7.81. The number of hydrogen-bond donors (Lipinski definition) is 11. The molecule has 0 aliphatic carbocycles. The highest BCUT2D eigenvalue weighted by Crippen LogP contribution is 2.16. The third kappa shape index (κ3) is 21.8. The standard InChI is InChI=1S/C34H50N6O13S/c1-34(2,54)19-38-30(49)22(16-28(45)46)15-25(41)24(17-29(47)48)39-26(42)14-20-8-10-21(11-9-20)18-37-32(52)35-12-4-3-6-23(31(50)51)40-33(53)36-13-5-7-27(43)44/h8-11,22-24,54H,3-7,12-19H2,1-2H3,(H,38,49)(H,39,42)(H,43,44)(H,45,46)(H,47,48)(H,50,51)(H2,35,37,52)(H2,36,40,53)/t22-,23-,24-/m0/s1. The maximum atomic E-state index is 13.0. The fourth-order valence-electron chi connectivity index (χ4n) is 4.76. The lowest BCUT2D eigenvalue weighted by molar-refractivity contribution is -0.143. The van der Waals surface area contributed by atoms with Gasteiger partial charge in [-0.25, -0.2) is 14.4 Å². The predicted molar refractivity (Wildman–Crippen MR) is 195 cm³/mol. The van der Waals surface area contributed by atoms with Crippen LogP contribution in [0.15, 0.2) is 24.3 Å². The van der Waals surface area contributed by atoms with E-state index in [-0.39, 0.29) is 51.9 Å². The lowest BCUT2D eigenvalue weighted by Crippen LogP contribution is -2.46. The van der Waals surface area contributed by atoms with Crippen LogP contribution in [0.4, 0.5) is 9.59 Å². The highest BCUT2D eigenvalue weighted by Gasteiger charge is 2.31. The Hall–Kier alpha value is -5.40. The van der Waals surface area contributed by atoms with Crippen molar-refractivity contribution in [2.45, 2.75) is 95.0 Å². The molecule has 1 rings (SSSR count). The third-order valence-electron chi connectivity index (χ3n) is 7.54. The first-order chi connectivity index (χ1) is 25.2. The van der Waals surface area contributed by atoms with Crippen molar-refractivity contribution in [3.8, 4) is 0 Å². The van der Waals surface area contributed by atoms with E-state index in [4.69, 9.17) is 5.11 Å². The molecule has 54 heavy (non-hydrogen) atoms. The first-order valence-corrected chi connectivity index (χ1v) is 17.5. The summed E-state index contributed by atoms with van der Waals surface area (Å²) >= 11 is 4.29. The van der Waals surface area contributed by atoms with Crippen molar-refractivity contribution < 1.29 is 63.6 Å². The summed E-state index contributed by atoms with van der Waals surface area (Å²) in [6.45, 7) is 3.94. The summed E-state index contributed by atoms with van der Waals surface area (Å²) in [5.74, 6) is -8.48. The fourth-order valence-corrected chi connectivity index (χ4v) is 4.83. The van der Waals surface area contributed by atoms with Gasteiger partial charge in [0, 0.05) is 43.8 Å². The second-order valence-electron chi connectivity index (χ2n) is 13.1. The van der Waals surface area contributed by atoms with Crippen LogP contribution < -0.4 is 31.9 Å². The number of hydrogen-bond acceptors (Lipinski definition) is 10. The number of nitrogens with one attached hydrogen (secondary N) is 6. The molecule has 20 heteroatoms. The molecule has 0 saturated carbocycles. The van der Waals surface area contributed by atoms with E-state index in [1.807, 2.05) is 0 Å². The molecule has 0 unspecified atom stereocenters. The van der Waals surface area contributed by atoms with Crippen LogP contribution in [-0.2, 0) is 46.5 Å². The molecule has 0 aliphatic heterocycles. The molecule has 3 atom stereocenters. The quantitative estimate of drug-likeness (QED) is 0.0455. The van der Waals surface area contributed by atoms with E-state index < -0.39 is 95.5 Å². The van der Waals surface area contributed by atoms with Gasteiger partial charge in [-0.1, -0.05) is 24.3 Å². The van der Waals surface area contributed by atoms with E-state index in [9.17, 15) is 58.5 Å². The van der Waals surface area contributed by atoms with Crippen molar-refractivity contribution in [2.75, 3.05) is 19.6 Å². The summed E-state index contributed by atoms with van der Waals surface area (Å²) in [6.07, 6.45) is -1.35. The van der Waals surface area contributed by atoms with E-state index >= 15 is 0 Å². The second kappa shape index (κ2) is 24.0. The zero-order valence-electron chi connectivity index (χ0n) is 30.1. The molecule has 0 fully saturated rings. The Morgan fingerprint density at radius 1 is 0.667 bits per heavy atom. The molecule has 19 nitrogen and oxygen atoms in total. The summed E-state index contributed by atoms with van der Waals surface area (Å²) in [5, 5.41) is 51.5. The van der Waals surface area contributed by atoms with Gasteiger partial charge in [0.2, 0.25) is 11.8 Å². The number of ketones is 1. The molecule has 10 N–H and O–H groups in total. The molecule has 0 saturated heterocycles.